The van der Waals surface area contributed by atoms with Crippen LogP contribution in [0.5, 0.6) is 0 Å². The van der Waals surface area contributed by atoms with Crippen molar-refractivity contribution in [3.8, 4) is 0 Å². The van der Waals surface area contributed by atoms with Gasteiger partial charge in [0.25, 0.3) is 0 Å². The minimum absolute atomic E-state index is 0.502. The molecule has 0 saturated heterocycles. The lowest BCUT2D eigenvalue weighted by atomic mass is 10.0. The first-order valence-corrected chi connectivity index (χ1v) is 3.21. The molecule has 1 aliphatic rings. The molecule has 0 amide bonds. The maximum Gasteiger partial charge on any atom is 0.0883 e. The van der Waals surface area contributed by atoms with E-state index in [0.717, 1.165) is 0 Å². The van der Waals surface area contributed by atoms with Gasteiger partial charge in [-0.1, -0.05) is 0 Å². The highest BCUT2D eigenvalue weighted by Crippen LogP contribution is 2.20. The van der Waals surface area contributed by atoms with Gasteiger partial charge in [0.05, 0.1) is 25.2 Å². The molecule has 0 bridgehead atoms. The van der Waals surface area contributed by atoms with Gasteiger partial charge in [-0.3, -0.25) is 0 Å². The van der Waals surface area contributed by atoms with Crippen LogP contribution in [-0.4, -0.2) is 17.9 Å². The van der Waals surface area contributed by atoms with Crippen LogP contribution in [-0.2, 0) is 9.57 Å². The molecule has 1 rings (SSSR count). The summed E-state index contributed by atoms with van der Waals surface area (Å²) in [6.45, 7) is 1.72. The van der Waals surface area contributed by atoms with Gasteiger partial charge in [-0.2, -0.15) is 0 Å². The van der Waals surface area contributed by atoms with Gasteiger partial charge in [0.2, 0.25) is 0 Å². The predicted molar refractivity (Wildman–Crippen MR) is 40.0 cm³/mol. The third kappa shape index (κ3) is 1.59. The fourth-order valence-corrected chi connectivity index (χ4v) is 0.773. The number of ether oxygens (including phenoxy) is 1. The van der Waals surface area contributed by atoms with Crippen molar-refractivity contribution in [1.82, 2.24) is 5.23 Å². The highest BCUT2D eigenvalue weighted by Gasteiger charge is 2.21. The number of rotatable bonds is 2. The van der Waals surface area contributed by atoms with Crippen LogP contribution in [0.3, 0.4) is 0 Å². The van der Waals surface area contributed by atoms with E-state index in [4.69, 9.17) is 4.74 Å². The van der Waals surface area contributed by atoms with Gasteiger partial charge >= 0.3 is 0 Å². The van der Waals surface area contributed by atoms with Crippen LogP contribution in [0.2, 0.25) is 0 Å². The molecule has 0 spiro atoms. The Morgan fingerprint density at radius 2 is 2.00 bits per heavy atom. The first-order chi connectivity index (χ1) is 5.19. The van der Waals surface area contributed by atoms with E-state index in [1.165, 1.54) is 19.6 Å². The summed E-state index contributed by atoms with van der Waals surface area (Å²) < 4.78 is 4.78. The van der Waals surface area contributed by atoms with Crippen molar-refractivity contribution in [2.24, 2.45) is 0 Å². The molecule has 62 valence electrons. The number of nitrogens with zero attached hydrogens (tertiary/aromatic N) is 1. The van der Waals surface area contributed by atoms with E-state index in [2.05, 4.69) is 4.84 Å². The minimum Gasteiger partial charge on any atom is -0.761 e. The maximum absolute atomic E-state index is 11.0. The van der Waals surface area contributed by atoms with Gasteiger partial charge in [0.15, 0.2) is 0 Å². The van der Waals surface area contributed by atoms with Crippen molar-refractivity contribution in [2.75, 3.05) is 7.11 Å². The van der Waals surface area contributed by atoms with Crippen molar-refractivity contribution in [3.63, 3.8) is 0 Å². The van der Waals surface area contributed by atoms with Crippen LogP contribution in [0.4, 0.5) is 0 Å². The molecule has 0 saturated carbocycles. The van der Waals surface area contributed by atoms with E-state index in [1.54, 1.807) is 19.1 Å². The molecule has 0 aromatic rings. The lowest BCUT2D eigenvalue weighted by Gasteiger charge is -2.40. The maximum atomic E-state index is 11.0. The van der Waals surface area contributed by atoms with E-state index in [1.807, 2.05) is 0 Å². The van der Waals surface area contributed by atoms with E-state index in [0.29, 0.717) is 5.23 Å². The number of hydrogen-bond acceptors (Lipinski definition) is 4. The summed E-state index contributed by atoms with van der Waals surface area (Å²) in [6, 6.07) is 0. The Bertz CT molecular complexity index is 176. The zero-order valence-corrected chi connectivity index (χ0v) is 6.48. The van der Waals surface area contributed by atoms with Gasteiger partial charge in [-0.05, 0) is 19.1 Å². The fraction of sp³-hybridized carbons (Fsp3) is 0.429. The monoisotopic (exact) mass is 156 g/mol. The van der Waals surface area contributed by atoms with Gasteiger partial charge in [-0.25, -0.2) is 5.23 Å². The lowest BCUT2D eigenvalue weighted by Crippen LogP contribution is -2.39. The van der Waals surface area contributed by atoms with E-state index in [-0.39, 0.29) is 0 Å². The molecule has 0 unspecified atom stereocenters. The van der Waals surface area contributed by atoms with Crippen LogP contribution in [0.25, 0.3) is 0 Å². The second-order valence-corrected chi connectivity index (χ2v) is 2.41. The van der Waals surface area contributed by atoms with Crippen molar-refractivity contribution in [2.45, 2.75) is 12.5 Å². The Balaban J connectivity index is 2.71. The number of hydrogen-bond donors (Lipinski definition) is 0. The topological polar surface area (TPSA) is 44.8 Å². The third-order valence-corrected chi connectivity index (χ3v) is 1.53. The van der Waals surface area contributed by atoms with Crippen molar-refractivity contribution in [3.05, 3.63) is 29.9 Å². The summed E-state index contributed by atoms with van der Waals surface area (Å²) in [4.78, 5) is 4.51. The molecule has 4 heteroatoms. The molecule has 0 N–H and O–H groups in total. The van der Waals surface area contributed by atoms with Gasteiger partial charge in [0.1, 0.15) is 0 Å². The molecule has 0 fully saturated rings. The first kappa shape index (κ1) is 8.26. The molecule has 1 aliphatic heterocycles. The van der Waals surface area contributed by atoms with E-state index in [9.17, 15) is 5.21 Å². The summed E-state index contributed by atoms with van der Waals surface area (Å²) in [5.74, 6) is 0. The largest absolute Gasteiger partial charge is 0.761 e. The first-order valence-electron chi connectivity index (χ1n) is 3.21. The van der Waals surface area contributed by atoms with E-state index >= 15 is 0 Å². The Morgan fingerprint density at radius 1 is 1.45 bits per heavy atom. The smallest absolute Gasteiger partial charge is 0.0883 e. The van der Waals surface area contributed by atoms with E-state index < -0.39 is 5.54 Å². The van der Waals surface area contributed by atoms with Crippen molar-refractivity contribution in [1.29, 1.82) is 0 Å². The summed E-state index contributed by atoms with van der Waals surface area (Å²) >= 11 is 0. The molecule has 0 aromatic carbocycles. The van der Waals surface area contributed by atoms with Crippen LogP contribution < -0.4 is 0 Å². The van der Waals surface area contributed by atoms with Crippen LogP contribution >= 0.6 is 0 Å². The molecule has 1 heterocycles. The Hall–Kier alpha value is -0.840. The SMILES string of the molecule is CON([O-])C1(C)C=COC=C1. The molecule has 11 heavy (non-hydrogen) atoms. The zero-order valence-electron chi connectivity index (χ0n) is 6.48. The van der Waals surface area contributed by atoms with Crippen LogP contribution in [0.15, 0.2) is 24.7 Å². The Kier molecular flexibility index (Phi) is 2.28. The summed E-state index contributed by atoms with van der Waals surface area (Å²) in [5.41, 5.74) is -0.743. The summed E-state index contributed by atoms with van der Waals surface area (Å²) in [7, 11) is 1.33. The standard InChI is InChI=1S/C7H10NO3/c1-7(8(9)10-2)3-5-11-6-4-7/h3-6H,1-2H3/q-1. The molecular weight excluding hydrogens is 146 g/mol. The molecule has 0 radical (unpaired) electrons. The van der Waals surface area contributed by atoms with Crippen molar-refractivity contribution < 1.29 is 9.57 Å². The fourth-order valence-electron chi connectivity index (χ4n) is 0.773. The molecule has 0 aromatic heterocycles. The third-order valence-electron chi connectivity index (χ3n) is 1.53. The predicted octanol–water partition coefficient (Wildman–Crippen LogP) is 1.16. The Labute approximate surface area is 65.2 Å². The average molecular weight is 156 g/mol. The second-order valence-electron chi connectivity index (χ2n) is 2.41. The van der Waals surface area contributed by atoms with Crippen LogP contribution in [0, 0.1) is 5.21 Å². The van der Waals surface area contributed by atoms with Gasteiger partial charge in [-0.15, -0.1) is 0 Å². The zero-order chi connectivity index (χ0) is 8.32. The summed E-state index contributed by atoms with van der Waals surface area (Å²) in [6.07, 6.45) is 6.13. The quantitative estimate of drug-likeness (QED) is 0.563. The average Bonchev–Trinajstić information content (AvgIpc) is 2.04. The Morgan fingerprint density at radius 3 is 2.45 bits per heavy atom. The molecule has 0 atom stereocenters. The second kappa shape index (κ2) is 3.04. The minimum atomic E-state index is -0.743. The van der Waals surface area contributed by atoms with Gasteiger partial charge in [0, 0.05) is 0 Å². The van der Waals surface area contributed by atoms with Gasteiger partial charge < -0.3 is 14.8 Å². The normalized spacial score (nSPS) is 20.4. The summed E-state index contributed by atoms with van der Waals surface area (Å²) in [5, 5.41) is 11.5. The number of hydroxylamine groups is 2. The lowest BCUT2D eigenvalue weighted by molar-refractivity contribution is -0.128. The molecular formula is C7H10NO3-. The van der Waals surface area contributed by atoms with Crippen LogP contribution in [0.1, 0.15) is 6.92 Å². The van der Waals surface area contributed by atoms with Crippen molar-refractivity contribution >= 4 is 0 Å². The highest BCUT2D eigenvalue weighted by molar-refractivity contribution is 5.16. The highest BCUT2D eigenvalue weighted by atomic mass is 16.9. The molecule has 4 nitrogen and oxygen atoms in total. The molecule has 0 aliphatic carbocycles.